The van der Waals surface area contributed by atoms with E-state index in [-0.39, 0.29) is 24.0 Å². The zero-order chi connectivity index (χ0) is 17.4. The van der Waals surface area contributed by atoms with Gasteiger partial charge in [-0.25, -0.2) is 8.42 Å². The molecule has 3 heterocycles. The van der Waals surface area contributed by atoms with Gasteiger partial charge in [0.05, 0.1) is 6.26 Å². The predicted molar refractivity (Wildman–Crippen MR) is 89.5 cm³/mol. The van der Waals surface area contributed by atoms with Gasteiger partial charge in [-0.3, -0.25) is 4.79 Å². The summed E-state index contributed by atoms with van der Waals surface area (Å²) in [6, 6.07) is 0.113. The largest absolute Gasteiger partial charge is 0.353 e. The Morgan fingerprint density at radius 1 is 1.29 bits per heavy atom. The Bertz CT molecular complexity index is 662. The van der Waals surface area contributed by atoms with Gasteiger partial charge in [0.25, 0.3) is 0 Å². The third-order valence-electron chi connectivity index (χ3n) is 5.22. The van der Waals surface area contributed by atoms with Crippen LogP contribution in [0, 0.1) is 12.3 Å². The maximum Gasteiger partial charge on any atom is 0.220 e. The number of rotatable bonds is 7. The second-order valence-corrected chi connectivity index (χ2v) is 8.99. The van der Waals surface area contributed by atoms with E-state index in [0.717, 1.165) is 12.8 Å². The highest BCUT2D eigenvalue weighted by Gasteiger charge is 2.45. The van der Waals surface area contributed by atoms with Crippen molar-refractivity contribution < 1.29 is 13.2 Å². The number of amides is 1. The van der Waals surface area contributed by atoms with Crippen molar-refractivity contribution in [3.8, 4) is 12.3 Å². The number of sulfonamides is 1. The molecule has 2 bridgehead atoms. The van der Waals surface area contributed by atoms with E-state index in [0.29, 0.717) is 38.5 Å². The van der Waals surface area contributed by atoms with E-state index >= 15 is 0 Å². The molecule has 0 aromatic rings. The number of carbonyl (C=O) groups excluding carboxylic acids is 1. The number of fused-ring (bicyclic) bond motifs is 2. The summed E-state index contributed by atoms with van der Waals surface area (Å²) in [6.07, 6.45) is 12.0. The highest BCUT2D eigenvalue weighted by molar-refractivity contribution is 7.88. The second kappa shape index (κ2) is 6.45. The first-order valence-electron chi connectivity index (χ1n) is 8.48. The van der Waals surface area contributed by atoms with Crippen LogP contribution in [0.4, 0.5) is 0 Å². The molecule has 0 radical (unpaired) electrons. The van der Waals surface area contributed by atoms with Crippen LogP contribution in [0.2, 0.25) is 0 Å². The third kappa shape index (κ3) is 3.78. The molecule has 0 saturated carbocycles. The number of hydrogen-bond donors (Lipinski definition) is 1. The molecule has 0 aliphatic carbocycles. The molecule has 2 unspecified atom stereocenters. The first kappa shape index (κ1) is 17.4. The lowest BCUT2D eigenvalue weighted by atomic mass is 9.98. The minimum Gasteiger partial charge on any atom is -0.353 e. The van der Waals surface area contributed by atoms with Crippen LogP contribution < -0.4 is 5.32 Å². The predicted octanol–water partition coefficient (Wildman–Crippen LogP) is 1.41. The van der Waals surface area contributed by atoms with Gasteiger partial charge in [-0.15, -0.1) is 12.3 Å². The van der Waals surface area contributed by atoms with Crippen molar-refractivity contribution in [2.24, 2.45) is 10.2 Å². The topological polar surface area (TPSA) is 91.2 Å². The third-order valence-corrected chi connectivity index (χ3v) is 6.58. The van der Waals surface area contributed by atoms with E-state index in [1.807, 2.05) is 0 Å². The normalized spacial score (nSPS) is 30.8. The van der Waals surface area contributed by atoms with Crippen LogP contribution in [0.15, 0.2) is 10.2 Å². The van der Waals surface area contributed by atoms with E-state index < -0.39 is 15.7 Å². The van der Waals surface area contributed by atoms with Gasteiger partial charge in [-0.1, -0.05) is 0 Å². The summed E-state index contributed by atoms with van der Waals surface area (Å²) in [6.45, 7) is 0. The van der Waals surface area contributed by atoms with Crippen LogP contribution in [-0.4, -0.2) is 48.7 Å². The number of nitrogens with zero attached hydrogens (tertiary/aromatic N) is 3. The zero-order valence-corrected chi connectivity index (χ0v) is 14.8. The van der Waals surface area contributed by atoms with Crippen molar-refractivity contribution >= 4 is 15.9 Å². The van der Waals surface area contributed by atoms with Crippen molar-refractivity contribution in [2.45, 2.75) is 75.2 Å². The van der Waals surface area contributed by atoms with Crippen LogP contribution in [0.1, 0.15) is 51.4 Å². The standard InChI is InChI=1S/C16H24N4O3S/c1-3-4-8-16(18-19-16)9-7-15(21)17-12-10-13-5-6-14(11-12)20(13)24(2,22)23/h1,12-14H,4-11H2,2H3,(H,17,21). The smallest absolute Gasteiger partial charge is 0.220 e. The molecule has 3 rings (SSSR count). The van der Waals surface area contributed by atoms with Gasteiger partial charge in [-0.2, -0.15) is 14.5 Å². The Balaban J connectivity index is 1.46. The van der Waals surface area contributed by atoms with Crippen molar-refractivity contribution in [3.63, 3.8) is 0 Å². The Labute approximate surface area is 143 Å². The maximum atomic E-state index is 12.2. The van der Waals surface area contributed by atoms with E-state index in [4.69, 9.17) is 6.42 Å². The fourth-order valence-electron chi connectivity index (χ4n) is 4.08. The molecule has 0 aromatic carbocycles. The van der Waals surface area contributed by atoms with Crippen molar-refractivity contribution in [2.75, 3.05) is 6.26 Å². The van der Waals surface area contributed by atoms with Gasteiger partial charge in [0.2, 0.25) is 15.9 Å². The van der Waals surface area contributed by atoms with Crippen molar-refractivity contribution in [3.05, 3.63) is 0 Å². The summed E-state index contributed by atoms with van der Waals surface area (Å²) in [5.74, 6) is 2.57. The lowest BCUT2D eigenvalue weighted by molar-refractivity contribution is -0.122. The van der Waals surface area contributed by atoms with Gasteiger partial charge in [0.15, 0.2) is 5.66 Å². The lowest BCUT2D eigenvalue weighted by Crippen LogP contribution is -2.52. The average molecular weight is 352 g/mol. The van der Waals surface area contributed by atoms with E-state index in [1.54, 1.807) is 4.31 Å². The minimum absolute atomic E-state index is 0.00964. The second-order valence-electron chi connectivity index (χ2n) is 7.10. The van der Waals surface area contributed by atoms with Crippen LogP contribution in [0.25, 0.3) is 0 Å². The summed E-state index contributed by atoms with van der Waals surface area (Å²) in [4.78, 5) is 12.2. The van der Waals surface area contributed by atoms with Crippen molar-refractivity contribution in [1.29, 1.82) is 0 Å². The van der Waals surface area contributed by atoms with Gasteiger partial charge >= 0.3 is 0 Å². The molecule has 3 aliphatic heterocycles. The van der Waals surface area contributed by atoms with E-state index in [1.165, 1.54) is 6.26 Å². The summed E-state index contributed by atoms with van der Waals surface area (Å²) < 4.78 is 25.4. The van der Waals surface area contributed by atoms with Crippen LogP contribution in [0.5, 0.6) is 0 Å². The molecule has 132 valence electrons. The van der Waals surface area contributed by atoms with Gasteiger partial charge in [-0.05, 0) is 25.7 Å². The summed E-state index contributed by atoms with van der Waals surface area (Å²) >= 11 is 0. The van der Waals surface area contributed by atoms with Crippen molar-refractivity contribution in [1.82, 2.24) is 9.62 Å². The first-order chi connectivity index (χ1) is 11.3. The lowest BCUT2D eigenvalue weighted by Gasteiger charge is -2.37. The average Bonchev–Trinajstić information content (AvgIpc) is 3.21. The summed E-state index contributed by atoms with van der Waals surface area (Å²) in [5, 5.41) is 11.1. The Kier molecular flexibility index (Phi) is 4.67. The molecule has 1 amide bonds. The number of carbonyl (C=O) groups is 1. The molecule has 0 spiro atoms. The van der Waals surface area contributed by atoms with Crippen LogP contribution in [0.3, 0.4) is 0 Å². The molecule has 2 fully saturated rings. The molecule has 7 nitrogen and oxygen atoms in total. The molecule has 2 atom stereocenters. The minimum atomic E-state index is -3.16. The Morgan fingerprint density at radius 2 is 1.92 bits per heavy atom. The summed E-state index contributed by atoms with van der Waals surface area (Å²) in [7, 11) is -3.16. The SMILES string of the molecule is C#CCCC1(CCC(=O)NC2CC3CCC(C2)N3S(C)(=O)=O)N=N1. The number of terminal acetylenes is 1. The molecule has 2 saturated heterocycles. The molecule has 24 heavy (non-hydrogen) atoms. The molecule has 3 aliphatic rings. The monoisotopic (exact) mass is 352 g/mol. The number of nitrogens with one attached hydrogen (secondary N) is 1. The van der Waals surface area contributed by atoms with Gasteiger partial charge in [0, 0.05) is 43.8 Å². The Morgan fingerprint density at radius 3 is 2.42 bits per heavy atom. The fourth-order valence-corrected chi connectivity index (χ4v) is 5.54. The van der Waals surface area contributed by atoms with Crippen LogP contribution >= 0.6 is 0 Å². The fraction of sp³-hybridized carbons (Fsp3) is 0.812. The summed E-state index contributed by atoms with van der Waals surface area (Å²) in [5.41, 5.74) is -0.428. The highest BCUT2D eigenvalue weighted by atomic mass is 32.2. The molecular formula is C16H24N4O3S. The van der Waals surface area contributed by atoms with Gasteiger partial charge < -0.3 is 5.32 Å². The molecule has 0 aromatic heterocycles. The first-order valence-corrected chi connectivity index (χ1v) is 10.3. The molecular weight excluding hydrogens is 328 g/mol. The maximum absolute atomic E-state index is 12.2. The number of hydrogen-bond acceptors (Lipinski definition) is 5. The quantitative estimate of drug-likeness (QED) is 0.702. The highest BCUT2D eigenvalue weighted by Crippen LogP contribution is 2.39. The van der Waals surface area contributed by atoms with Crippen LogP contribution in [-0.2, 0) is 14.8 Å². The number of piperidine rings is 1. The van der Waals surface area contributed by atoms with Gasteiger partial charge in [0.1, 0.15) is 0 Å². The van der Waals surface area contributed by atoms with E-state index in [9.17, 15) is 13.2 Å². The zero-order valence-electron chi connectivity index (χ0n) is 13.9. The molecule has 8 heteroatoms. The molecule has 1 N–H and O–H groups in total. The Hall–Kier alpha value is -1.46. The van der Waals surface area contributed by atoms with E-state index in [2.05, 4.69) is 21.5 Å².